The van der Waals surface area contributed by atoms with Gasteiger partial charge in [-0.15, -0.1) is 11.3 Å². The van der Waals surface area contributed by atoms with Gasteiger partial charge in [0.1, 0.15) is 0 Å². The van der Waals surface area contributed by atoms with Gasteiger partial charge < -0.3 is 0 Å². The predicted molar refractivity (Wildman–Crippen MR) is 67.2 cm³/mol. The van der Waals surface area contributed by atoms with Crippen molar-refractivity contribution >= 4 is 23.5 Å². The first-order chi connectivity index (χ1) is 7.15. The van der Waals surface area contributed by atoms with Crippen LogP contribution in [0.2, 0.25) is 0 Å². The molecule has 1 aliphatic rings. The van der Waals surface area contributed by atoms with Crippen molar-refractivity contribution in [3.8, 4) is 0 Å². The molecule has 15 heavy (non-hydrogen) atoms. The van der Waals surface area contributed by atoms with Crippen LogP contribution in [0.25, 0.3) is 12.2 Å². The van der Waals surface area contributed by atoms with Gasteiger partial charge in [-0.25, -0.2) is 4.98 Å². The van der Waals surface area contributed by atoms with Gasteiger partial charge in [0, 0.05) is 0 Å². The van der Waals surface area contributed by atoms with Crippen LogP contribution < -0.4 is 9.88 Å². The molecule has 0 saturated heterocycles. The summed E-state index contributed by atoms with van der Waals surface area (Å²) in [6.45, 7) is 6.54. The molecule has 1 heterocycles. The van der Waals surface area contributed by atoms with E-state index in [0.29, 0.717) is 5.92 Å². The monoisotopic (exact) mass is 219 g/mol. The fraction of sp³-hybridized carbons (Fsp3) is 0.462. The summed E-state index contributed by atoms with van der Waals surface area (Å²) in [5.74, 6) is 0.523. The molecule has 1 unspecified atom stereocenters. The zero-order valence-corrected chi connectivity index (χ0v) is 10.4. The molecule has 0 N–H and O–H groups in total. The zero-order chi connectivity index (χ0) is 10.8. The first-order valence-electron chi connectivity index (χ1n) is 5.48. The number of hydrogen-bond acceptors (Lipinski definition) is 2. The van der Waals surface area contributed by atoms with Gasteiger partial charge in [-0.3, -0.25) is 0 Å². The van der Waals surface area contributed by atoms with Crippen LogP contribution >= 0.6 is 11.3 Å². The second-order valence-corrected chi connectivity index (χ2v) is 5.50. The van der Waals surface area contributed by atoms with Crippen molar-refractivity contribution in [3.63, 3.8) is 0 Å². The Morgan fingerprint density at radius 2 is 2.13 bits per heavy atom. The zero-order valence-electron chi connectivity index (χ0n) is 9.58. The van der Waals surface area contributed by atoms with E-state index < -0.39 is 0 Å². The molecule has 0 amide bonds. The summed E-state index contributed by atoms with van der Waals surface area (Å²) in [5, 5.41) is 2.36. The molecule has 0 bridgehead atoms. The number of aromatic nitrogens is 1. The lowest BCUT2D eigenvalue weighted by Crippen LogP contribution is -2.21. The van der Waals surface area contributed by atoms with E-state index in [1.54, 1.807) is 11.3 Å². The van der Waals surface area contributed by atoms with E-state index >= 15 is 0 Å². The van der Waals surface area contributed by atoms with Crippen molar-refractivity contribution < 1.29 is 0 Å². The Kier molecular flexibility index (Phi) is 3.06. The van der Waals surface area contributed by atoms with E-state index in [0.717, 1.165) is 12.8 Å². The summed E-state index contributed by atoms with van der Waals surface area (Å²) in [7, 11) is 0. The third-order valence-corrected chi connectivity index (χ3v) is 3.58. The largest absolute Gasteiger partial charge is 0.242 e. The maximum atomic E-state index is 4.56. The molecule has 0 spiro atoms. The average Bonchev–Trinajstić information content (AvgIpc) is 2.46. The first-order valence-corrected chi connectivity index (χ1v) is 6.29. The number of aryl methyl sites for hydroxylation is 1. The Labute approximate surface area is 94.9 Å². The summed E-state index contributed by atoms with van der Waals surface area (Å²) in [5.41, 5.74) is 1.49. The Bertz CT molecular complexity index is 493. The summed E-state index contributed by atoms with van der Waals surface area (Å²) in [6.07, 6.45) is 9.22. The van der Waals surface area contributed by atoms with E-state index in [4.69, 9.17) is 0 Å². The molecule has 2 heteroatoms. The lowest BCUT2D eigenvalue weighted by Gasteiger charge is -2.00. The Morgan fingerprint density at radius 1 is 1.33 bits per heavy atom. The van der Waals surface area contributed by atoms with Gasteiger partial charge in [-0.05, 0) is 32.6 Å². The van der Waals surface area contributed by atoms with Crippen LogP contribution in [-0.2, 0) is 0 Å². The molecule has 0 saturated carbocycles. The second kappa shape index (κ2) is 4.31. The quantitative estimate of drug-likeness (QED) is 0.611. The lowest BCUT2D eigenvalue weighted by atomic mass is 10.1. The minimum Gasteiger partial charge on any atom is -0.242 e. The van der Waals surface area contributed by atoms with Crippen LogP contribution in [0.3, 0.4) is 0 Å². The van der Waals surface area contributed by atoms with Crippen LogP contribution in [0.5, 0.6) is 0 Å². The van der Waals surface area contributed by atoms with Gasteiger partial charge in [0.15, 0.2) is 0 Å². The Hall–Kier alpha value is -0.890. The smallest absolute Gasteiger partial charge is 0.0907 e. The molecular formula is C13H17NS. The standard InChI is InChI=1S/C13H17NS/c1-9-5-4-6-12-13(8-10(2)7-9)15-11(3)14-12/h6-8,10H,4-5H2,1-3H3. The van der Waals surface area contributed by atoms with Crippen molar-refractivity contribution in [2.24, 2.45) is 5.92 Å². The van der Waals surface area contributed by atoms with E-state index in [2.05, 4.69) is 44.0 Å². The Balaban J connectivity index is 2.56. The van der Waals surface area contributed by atoms with Crippen molar-refractivity contribution in [1.82, 2.24) is 4.98 Å². The normalized spacial score (nSPS) is 21.3. The van der Waals surface area contributed by atoms with Gasteiger partial charge in [0.2, 0.25) is 0 Å². The molecule has 2 rings (SSSR count). The predicted octanol–water partition coefficient (Wildman–Crippen LogP) is 2.39. The SMILES string of the molecule is CC1=CC(C)C=c2sc(C)nc2=CCC1. The maximum absolute atomic E-state index is 4.56. The summed E-state index contributed by atoms with van der Waals surface area (Å²) in [6, 6.07) is 0. The lowest BCUT2D eigenvalue weighted by molar-refractivity contribution is 0.933. The Morgan fingerprint density at radius 3 is 2.93 bits per heavy atom. The van der Waals surface area contributed by atoms with Crippen molar-refractivity contribution in [3.05, 3.63) is 26.5 Å². The topological polar surface area (TPSA) is 12.9 Å². The van der Waals surface area contributed by atoms with E-state index in [-0.39, 0.29) is 0 Å². The summed E-state index contributed by atoms with van der Waals surface area (Å²) in [4.78, 5) is 4.56. The van der Waals surface area contributed by atoms with Crippen LogP contribution in [0.1, 0.15) is 31.7 Å². The minimum atomic E-state index is 0.523. The van der Waals surface area contributed by atoms with Gasteiger partial charge in [-0.2, -0.15) is 0 Å². The molecule has 0 fully saturated rings. The highest BCUT2D eigenvalue weighted by atomic mass is 32.1. The minimum absolute atomic E-state index is 0.523. The number of hydrogen-bond donors (Lipinski definition) is 0. The highest BCUT2D eigenvalue weighted by molar-refractivity contribution is 7.09. The summed E-state index contributed by atoms with van der Waals surface area (Å²) < 4.78 is 1.34. The summed E-state index contributed by atoms with van der Waals surface area (Å²) >= 11 is 1.80. The third kappa shape index (κ3) is 2.57. The average molecular weight is 219 g/mol. The van der Waals surface area contributed by atoms with Crippen molar-refractivity contribution in [1.29, 1.82) is 0 Å². The number of fused-ring (bicyclic) bond motifs is 1. The third-order valence-electron chi connectivity index (χ3n) is 2.63. The number of nitrogens with zero attached hydrogens (tertiary/aromatic N) is 1. The molecule has 80 valence electrons. The van der Waals surface area contributed by atoms with Gasteiger partial charge in [-0.1, -0.05) is 30.7 Å². The number of rotatable bonds is 0. The van der Waals surface area contributed by atoms with Crippen LogP contribution in [0.15, 0.2) is 11.6 Å². The molecule has 1 aromatic rings. The van der Waals surface area contributed by atoms with Gasteiger partial charge in [0.05, 0.1) is 14.9 Å². The van der Waals surface area contributed by atoms with Crippen LogP contribution in [0, 0.1) is 12.8 Å². The van der Waals surface area contributed by atoms with Gasteiger partial charge >= 0.3 is 0 Å². The van der Waals surface area contributed by atoms with Gasteiger partial charge in [0.25, 0.3) is 0 Å². The number of allylic oxidation sites excluding steroid dienone is 2. The molecule has 0 aliphatic heterocycles. The molecule has 1 atom stereocenters. The molecule has 1 nitrogen and oxygen atoms in total. The van der Waals surface area contributed by atoms with Crippen LogP contribution in [-0.4, -0.2) is 4.98 Å². The molecular weight excluding hydrogens is 202 g/mol. The second-order valence-electron chi connectivity index (χ2n) is 4.26. The van der Waals surface area contributed by atoms with Crippen molar-refractivity contribution in [2.75, 3.05) is 0 Å². The molecule has 1 aromatic heterocycles. The first kappa shape index (κ1) is 10.6. The van der Waals surface area contributed by atoms with Crippen molar-refractivity contribution in [2.45, 2.75) is 33.6 Å². The van der Waals surface area contributed by atoms with Crippen LogP contribution in [0.4, 0.5) is 0 Å². The molecule has 1 aliphatic carbocycles. The molecule has 0 radical (unpaired) electrons. The highest BCUT2D eigenvalue weighted by Gasteiger charge is 2.01. The van der Waals surface area contributed by atoms with E-state index in [1.165, 1.54) is 20.5 Å². The van der Waals surface area contributed by atoms with E-state index in [1.807, 2.05) is 0 Å². The number of thiazole rings is 1. The molecule has 0 aromatic carbocycles. The fourth-order valence-corrected chi connectivity index (χ4v) is 2.96. The fourth-order valence-electron chi connectivity index (χ4n) is 1.98. The van der Waals surface area contributed by atoms with E-state index in [9.17, 15) is 0 Å². The maximum Gasteiger partial charge on any atom is 0.0907 e. The highest BCUT2D eigenvalue weighted by Crippen LogP contribution is 2.11.